The van der Waals surface area contributed by atoms with Crippen LogP contribution in [0.25, 0.3) is 5.69 Å². The first-order chi connectivity index (χ1) is 14.2. The number of halogens is 1. The molecular formula is C22H26FN5O. The van der Waals surface area contributed by atoms with E-state index in [1.165, 1.54) is 12.1 Å². The number of nitrogens with zero attached hydrogens (tertiary/aromatic N) is 3. The monoisotopic (exact) mass is 395 g/mol. The fraction of sp³-hybridized carbons (Fsp3) is 0.273. The van der Waals surface area contributed by atoms with E-state index in [2.05, 4.69) is 26.8 Å². The Morgan fingerprint density at radius 1 is 1.03 bits per heavy atom. The fourth-order valence-corrected chi connectivity index (χ4v) is 2.99. The number of rotatable bonds is 8. The van der Waals surface area contributed by atoms with Gasteiger partial charge in [-0.1, -0.05) is 18.2 Å². The van der Waals surface area contributed by atoms with Gasteiger partial charge in [0.25, 0.3) is 0 Å². The van der Waals surface area contributed by atoms with Gasteiger partial charge in [-0.25, -0.2) is 9.07 Å². The molecule has 2 N–H and O–H groups in total. The van der Waals surface area contributed by atoms with Crippen LogP contribution in [0, 0.1) is 5.82 Å². The first kappa shape index (κ1) is 20.4. The summed E-state index contributed by atoms with van der Waals surface area (Å²) in [6.07, 6.45) is 3.47. The van der Waals surface area contributed by atoms with Crippen molar-refractivity contribution >= 4 is 5.96 Å². The Kier molecular flexibility index (Phi) is 7.22. The SMILES string of the molecule is CN=C(NCCc1ccn(-c2ccc(F)cc2)n1)NCCc1ccccc1OC. The molecule has 0 amide bonds. The number of hydrogen-bond acceptors (Lipinski definition) is 3. The lowest BCUT2D eigenvalue weighted by molar-refractivity contribution is 0.409. The fourth-order valence-electron chi connectivity index (χ4n) is 2.99. The summed E-state index contributed by atoms with van der Waals surface area (Å²) in [6, 6.07) is 16.2. The quantitative estimate of drug-likeness (QED) is 0.455. The van der Waals surface area contributed by atoms with E-state index in [0.29, 0.717) is 6.54 Å². The molecule has 0 aliphatic heterocycles. The zero-order valence-corrected chi connectivity index (χ0v) is 16.7. The average Bonchev–Trinajstić information content (AvgIpc) is 3.22. The van der Waals surface area contributed by atoms with Gasteiger partial charge >= 0.3 is 0 Å². The molecule has 0 fully saturated rings. The van der Waals surface area contributed by atoms with Gasteiger partial charge in [0.15, 0.2) is 5.96 Å². The van der Waals surface area contributed by atoms with Crippen molar-refractivity contribution in [3.05, 3.63) is 77.9 Å². The number of nitrogens with one attached hydrogen (secondary N) is 2. The molecule has 2 aromatic carbocycles. The first-order valence-corrected chi connectivity index (χ1v) is 9.56. The van der Waals surface area contributed by atoms with Crippen LogP contribution in [-0.4, -0.2) is 43.0 Å². The van der Waals surface area contributed by atoms with Gasteiger partial charge in [-0.2, -0.15) is 5.10 Å². The van der Waals surface area contributed by atoms with Gasteiger partial charge in [0.05, 0.1) is 18.5 Å². The smallest absolute Gasteiger partial charge is 0.190 e. The molecule has 0 aliphatic carbocycles. The number of aromatic nitrogens is 2. The molecule has 0 bridgehead atoms. The van der Waals surface area contributed by atoms with Crippen molar-refractivity contribution in [1.29, 1.82) is 0 Å². The van der Waals surface area contributed by atoms with Gasteiger partial charge in [0.2, 0.25) is 0 Å². The van der Waals surface area contributed by atoms with E-state index < -0.39 is 0 Å². The number of guanidine groups is 1. The molecule has 6 nitrogen and oxygen atoms in total. The third kappa shape index (κ3) is 5.81. The summed E-state index contributed by atoms with van der Waals surface area (Å²) in [6.45, 7) is 1.45. The molecule has 0 atom stereocenters. The highest BCUT2D eigenvalue weighted by Crippen LogP contribution is 2.17. The van der Waals surface area contributed by atoms with Crippen LogP contribution in [0.4, 0.5) is 4.39 Å². The maximum Gasteiger partial charge on any atom is 0.190 e. The first-order valence-electron chi connectivity index (χ1n) is 9.56. The number of benzene rings is 2. The Bertz CT molecular complexity index is 936. The number of hydrogen-bond donors (Lipinski definition) is 2. The summed E-state index contributed by atoms with van der Waals surface area (Å²) in [5, 5.41) is 11.1. The lowest BCUT2D eigenvalue weighted by Crippen LogP contribution is -2.39. The Hall–Kier alpha value is -3.35. The van der Waals surface area contributed by atoms with Crippen molar-refractivity contribution < 1.29 is 9.13 Å². The summed E-state index contributed by atoms with van der Waals surface area (Å²) < 4.78 is 20.2. The lowest BCUT2D eigenvalue weighted by atomic mass is 10.1. The second-order valence-corrected chi connectivity index (χ2v) is 6.47. The topological polar surface area (TPSA) is 63.5 Å². The van der Waals surface area contributed by atoms with Crippen molar-refractivity contribution in [3.63, 3.8) is 0 Å². The molecule has 7 heteroatoms. The second kappa shape index (κ2) is 10.3. The summed E-state index contributed by atoms with van der Waals surface area (Å²) >= 11 is 0. The molecule has 1 aromatic heterocycles. The van der Waals surface area contributed by atoms with Crippen LogP contribution in [0.5, 0.6) is 5.75 Å². The molecule has 0 radical (unpaired) electrons. The van der Waals surface area contributed by atoms with Gasteiger partial charge < -0.3 is 15.4 Å². The van der Waals surface area contributed by atoms with Gasteiger partial charge in [0.1, 0.15) is 11.6 Å². The lowest BCUT2D eigenvalue weighted by Gasteiger charge is -2.12. The van der Waals surface area contributed by atoms with E-state index in [0.717, 1.165) is 48.0 Å². The van der Waals surface area contributed by atoms with Crippen LogP contribution < -0.4 is 15.4 Å². The molecule has 3 aromatic rings. The van der Waals surface area contributed by atoms with Crippen molar-refractivity contribution in [2.24, 2.45) is 4.99 Å². The zero-order chi connectivity index (χ0) is 20.5. The van der Waals surface area contributed by atoms with Crippen LogP contribution in [0.1, 0.15) is 11.3 Å². The summed E-state index contributed by atoms with van der Waals surface area (Å²) in [5.41, 5.74) is 2.94. The maximum absolute atomic E-state index is 13.0. The van der Waals surface area contributed by atoms with Crippen LogP contribution in [0.15, 0.2) is 65.8 Å². The maximum atomic E-state index is 13.0. The minimum atomic E-state index is -0.255. The van der Waals surface area contributed by atoms with Crippen molar-refractivity contribution in [1.82, 2.24) is 20.4 Å². The predicted molar refractivity (Wildman–Crippen MR) is 113 cm³/mol. The molecule has 0 saturated heterocycles. The number of ether oxygens (including phenoxy) is 1. The van der Waals surface area contributed by atoms with Crippen LogP contribution in [0.3, 0.4) is 0 Å². The number of para-hydroxylation sites is 1. The van der Waals surface area contributed by atoms with E-state index in [9.17, 15) is 4.39 Å². The van der Waals surface area contributed by atoms with Crippen LogP contribution >= 0.6 is 0 Å². The number of aliphatic imine (C=N–C) groups is 1. The molecule has 29 heavy (non-hydrogen) atoms. The van der Waals surface area contributed by atoms with E-state index in [1.807, 2.05) is 30.5 Å². The van der Waals surface area contributed by atoms with Crippen molar-refractivity contribution in [2.75, 3.05) is 27.2 Å². The second-order valence-electron chi connectivity index (χ2n) is 6.47. The summed E-state index contributed by atoms with van der Waals surface area (Å²) in [4.78, 5) is 4.26. The molecule has 3 rings (SSSR count). The molecular weight excluding hydrogens is 369 g/mol. The standard InChI is InChI=1S/C22H26FN5O/c1-24-22(25-14-11-17-5-3-4-6-21(17)29-2)26-15-12-19-13-16-28(27-19)20-9-7-18(23)8-10-20/h3-10,13,16H,11-12,14-15H2,1-2H3,(H2,24,25,26). The van der Waals surface area contributed by atoms with E-state index in [-0.39, 0.29) is 5.82 Å². The molecule has 152 valence electrons. The highest BCUT2D eigenvalue weighted by Gasteiger charge is 2.04. The zero-order valence-electron chi connectivity index (χ0n) is 16.7. The Labute approximate surface area is 170 Å². The molecule has 1 heterocycles. The van der Waals surface area contributed by atoms with Crippen molar-refractivity contribution in [3.8, 4) is 11.4 Å². The minimum Gasteiger partial charge on any atom is -0.496 e. The summed E-state index contributed by atoms with van der Waals surface area (Å²) in [5.74, 6) is 1.39. The molecule has 0 spiro atoms. The third-order valence-electron chi connectivity index (χ3n) is 4.51. The molecule has 0 saturated carbocycles. The van der Waals surface area contributed by atoms with Gasteiger partial charge in [-0.05, 0) is 48.4 Å². The molecule has 0 unspecified atom stereocenters. The summed E-state index contributed by atoms with van der Waals surface area (Å²) in [7, 11) is 3.44. The Balaban J connectivity index is 1.44. The highest BCUT2D eigenvalue weighted by atomic mass is 19.1. The van der Waals surface area contributed by atoms with Gasteiger partial charge in [-0.15, -0.1) is 0 Å². The van der Waals surface area contributed by atoms with Crippen LogP contribution in [0.2, 0.25) is 0 Å². The number of methoxy groups -OCH3 is 1. The van der Waals surface area contributed by atoms with Crippen molar-refractivity contribution in [2.45, 2.75) is 12.8 Å². The normalized spacial score (nSPS) is 11.3. The van der Waals surface area contributed by atoms with Gasteiger partial charge in [-0.3, -0.25) is 4.99 Å². The Morgan fingerprint density at radius 2 is 1.76 bits per heavy atom. The average molecular weight is 395 g/mol. The van der Waals surface area contributed by atoms with Crippen LogP contribution in [-0.2, 0) is 12.8 Å². The van der Waals surface area contributed by atoms with Gasteiger partial charge in [0, 0.05) is 32.8 Å². The Morgan fingerprint density at radius 3 is 2.48 bits per heavy atom. The minimum absolute atomic E-state index is 0.255. The molecule has 0 aliphatic rings. The largest absolute Gasteiger partial charge is 0.496 e. The third-order valence-corrected chi connectivity index (χ3v) is 4.51. The predicted octanol–water partition coefficient (Wildman–Crippen LogP) is 2.97. The van der Waals surface area contributed by atoms with E-state index in [1.54, 1.807) is 31.0 Å². The van der Waals surface area contributed by atoms with E-state index >= 15 is 0 Å². The van der Waals surface area contributed by atoms with E-state index in [4.69, 9.17) is 4.74 Å². The highest BCUT2D eigenvalue weighted by molar-refractivity contribution is 5.79.